The summed E-state index contributed by atoms with van der Waals surface area (Å²) < 4.78 is 28.0. The van der Waals surface area contributed by atoms with E-state index in [0.29, 0.717) is 24.7 Å². The Kier molecular flexibility index (Phi) is 10.0. The van der Waals surface area contributed by atoms with Crippen molar-refractivity contribution in [3.05, 3.63) is 0 Å². The molecule has 3 saturated heterocycles. The SMILES string of the molecule is CC1C2CC(C(=O)OC(C)(C)C)C(O2)C1C.CCC1(C(=O)OC(C)(C)C)COCC(C)(C(=O)OC(C)(C)C)C1. The number of carbonyl (C=O) groups excluding carboxylic acids is 3. The Morgan fingerprint density at radius 3 is 1.74 bits per heavy atom. The summed E-state index contributed by atoms with van der Waals surface area (Å²) in [6, 6.07) is 0. The maximum Gasteiger partial charge on any atom is 0.314 e. The van der Waals surface area contributed by atoms with Crippen LogP contribution < -0.4 is 0 Å². The van der Waals surface area contributed by atoms with Gasteiger partial charge in [0.05, 0.1) is 42.2 Å². The van der Waals surface area contributed by atoms with Crippen molar-refractivity contribution in [1.29, 1.82) is 0 Å². The summed E-state index contributed by atoms with van der Waals surface area (Å²) in [6.45, 7) is 25.4. The maximum atomic E-state index is 12.7. The van der Waals surface area contributed by atoms with Crippen LogP contribution >= 0.6 is 0 Å². The summed E-state index contributed by atoms with van der Waals surface area (Å²) in [4.78, 5) is 37.3. The van der Waals surface area contributed by atoms with Gasteiger partial charge in [0.2, 0.25) is 0 Å². The lowest BCUT2D eigenvalue weighted by Gasteiger charge is -2.44. The van der Waals surface area contributed by atoms with Crippen molar-refractivity contribution in [1.82, 2.24) is 0 Å². The highest BCUT2D eigenvalue weighted by atomic mass is 16.6. The van der Waals surface area contributed by atoms with E-state index in [0.717, 1.165) is 6.42 Å². The molecule has 7 unspecified atom stereocenters. The Hall–Kier alpha value is -1.67. The molecule has 3 aliphatic rings. The first-order valence-electron chi connectivity index (χ1n) is 14.5. The van der Waals surface area contributed by atoms with E-state index in [4.69, 9.17) is 23.7 Å². The molecule has 0 spiro atoms. The van der Waals surface area contributed by atoms with Gasteiger partial charge in [-0.15, -0.1) is 0 Å². The number of carbonyl (C=O) groups is 3. The summed E-state index contributed by atoms with van der Waals surface area (Å²) in [5, 5.41) is 0. The minimum Gasteiger partial charge on any atom is -0.460 e. The average Bonchev–Trinajstić information content (AvgIpc) is 3.30. The second kappa shape index (κ2) is 11.7. The second-order valence-corrected chi connectivity index (χ2v) is 15.1. The third-order valence-corrected chi connectivity index (χ3v) is 7.79. The van der Waals surface area contributed by atoms with E-state index in [2.05, 4.69) is 13.8 Å². The highest BCUT2D eigenvalue weighted by Gasteiger charge is 2.54. The predicted molar refractivity (Wildman–Crippen MR) is 149 cm³/mol. The van der Waals surface area contributed by atoms with Crippen molar-refractivity contribution in [3.8, 4) is 0 Å². The van der Waals surface area contributed by atoms with Crippen molar-refractivity contribution in [2.45, 2.75) is 138 Å². The summed E-state index contributed by atoms with van der Waals surface area (Å²) in [5.41, 5.74) is -3.19. The Morgan fingerprint density at radius 2 is 1.31 bits per heavy atom. The third kappa shape index (κ3) is 8.66. The van der Waals surface area contributed by atoms with Gasteiger partial charge in [-0.25, -0.2) is 0 Å². The van der Waals surface area contributed by atoms with Gasteiger partial charge in [-0.1, -0.05) is 20.8 Å². The molecule has 0 N–H and O–H groups in total. The maximum absolute atomic E-state index is 12.7. The first-order valence-corrected chi connectivity index (χ1v) is 14.5. The molecule has 3 fully saturated rings. The van der Waals surface area contributed by atoms with Crippen molar-refractivity contribution < 1.29 is 38.1 Å². The molecule has 39 heavy (non-hydrogen) atoms. The lowest BCUT2D eigenvalue weighted by Crippen LogP contribution is -2.52. The Labute approximate surface area is 236 Å². The van der Waals surface area contributed by atoms with Gasteiger partial charge in [-0.3, -0.25) is 14.4 Å². The van der Waals surface area contributed by atoms with Crippen molar-refractivity contribution in [2.24, 2.45) is 28.6 Å². The molecule has 0 aromatic rings. The zero-order valence-corrected chi connectivity index (χ0v) is 26.7. The van der Waals surface area contributed by atoms with Gasteiger partial charge in [-0.2, -0.15) is 0 Å². The van der Waals surface area contributed by atoms with Crippen LogP contribution in [0.2, 0.25) is 0 Å². The monoisotopic (exact) mass is 554 g/mol. The lowest BCUT2D eigenvalue weighted by molar-refractivity contribution is -0.195. The average molecular weight is 555 g/mol. The van der Waals surface area contributed by atoms with Gasteiger partial charge in [0.25, 0.3) is 0 Å². The summed E-state index contributed by atoms with van der Waals surface area (Å²) in [6.07, 6.45) is 2.11. The fourth-order valence-corrected chi connectivity index (χ4v) is 5.55. The van der Waals surface area contributed by atoms with Gasteiger partial charge in [-0.05, 0) is 100 Å². The highest BCUT2D eigenvalue weighted by molar-refractivity contribution is 5.82. The number of fused-ring (bicyclic) bond motifs is 2. The van der Waals surface area contributed by atoms with E-state index in [1.165, 1.54) is 0 Å². The van der Waals surface area contributed by atoms with Crippen molar-refractivity contribution >= 4 is 17.9 Å². The number of ether oxygens (including phenoxy) is 5. The molecule has 3 heterocycles. The zero-order valence-electron chi connectivity index (χ0n) is 26.7. The lowest BCUT2D eigenvalue weighted by atomic mass is 9.69. The Bertz CT molecular complexity index is 890. The minimum absolute atomic E-state index is 0.0459. The summed E-state index contributed by atoms with van der Waals surface area (Å²) in [5.74, 6) is 0.280. The molecule has 2 bridgehead atoms. The summed E-state index contributed by atoms with van der Waals surface area (Å²) >= 11 is 0. The van der Waals surface area contributed by atoms with Gasteiger partial charge in [0, 0.05) is 0 Å². The van der Waals surface area contributed by atoms with E-state index < -0.39 is 27.6 Å². The van der Waals surface area contributed by atoms with Gasteiger partial charge in [0.1, 0.15) is 16.8 Å². The predicted octanol–water partition coefficient (Wildman–Crippen LogP) is 5.88. The standard InChI is InChI=1S/C18H32O5.C13H22O3/c1-9-18(14(20)23-16(5,6)7)10-17(8,11-21-12-18)13(19)22-15(2,3)4;1-7-8(2)11-9(6-10(7)15-11)12(14)16-13(3,4)5/h9-12H2,1-8H3;7-11H,6H2,1-5H3. The molecule has 8 heteroatoms. The van der Waals surface area contributed by atoms with E-state index in [-0.39, 0.29) is 49.2 Å². The topological polar surface area (TPSA) is 97.4 Å². The first-order chi connectivity index (χ1) is 17.5. The van der Waals surface area contributed by atoms with E-state index in [9.17, 15) is 14.4 Å². The largest absolute Gasteiger partial charge is 0.460 e. The molecule has 7 atom stereocenters. The van der Waals surface area contributed by atoms with Crippen LogP contribution in [0.25, 0.3) is 0 Å². The molecular weight excluding hydrogens is 500 g/mol. The molecule has 0 aromatic carbocycles. The van der Waals surface area contributed by atoms with Crippen molar-refractivity contribution in [3.63, 3.8) is 0 Å². The molecule has 0 amide bonds. The van der Waals surface area contributed by atoms with Crippen LogP contribution in [0.15, 0.2) is 0 Å². The fourth-order valence-electron chi connectivity index (χ4n) is 5.55. The molecule has 0 radical (unpaired) electrons. The summed E-state index contributed by atoms with van der Waals surface area (Å²) in [7, 11) is 0. The van der Waals surface area contributed by atoms with Crippen molar-refractivity contribution in [2.75, 3.05) is 13.2 Å². The molecule has 0 aromatic heterocycles. The van der Waals surface area contributed by atoms with Gasteiger partial charge < -0.3 is 23.7 Å². The minimum atomic E-state index is -0.849. The van der Waals surface area contributed by atoms with Crippen LogP contribution in [-0.2, 0) is 38.1 Å². The number of hydrogen-bond donors (Lipinski definition) is 0. The number of hydrogen-bond acceptors (Lipinski definition) is 8. The number of esters is 3. The van der Waals surface area contributed by atoms with Crippen LogP contribution in [0.5, 0.6) is 0 Å². The Morgan fingerprint density at radius 1 is 0.795 bits per heavy atom. The van der Waals surface area contributed by atoms with E-state index >= 15 is 0 Å². The molecule has 8 nitrogen and oxygen atoms in total. The second-order valence-electron chi connectivity index (χ2n) is 15.1. The van der Waals surface area contributed by atoms with Crippen LogP contribution in [-0.4, -0.2) is 60.1 Å². The smallest absolute Gasteiger partial charge is 0.314 e. The molecule has 226 valence electrons. The van der Waals surface area contributed by atoms with Gasteiger partial charge in [0.15, 0.2) is 0 Å². The van der Waals surface area contributed by atoms with Crippen LogP contribution in [0, 0.1) is 28.6 Å². The Balaban J connectivity index is 0.000000290. The van der Waals surface area contributed by atoms with E-state index in [1.807, 2.05) is 69.2 Å². The normalized spacial score (nSPS) is 34.5. The van der Waals surface area contributed by atoms with Gasteiger partial charge >= 0.3 is 17.9 Å². The molecule has 3 rings (SSSR count). The molecule has 0 saturated carbocycles. The molecular formula is C31H54O8. The molecule has 3 aliphatic heterocycles. The molecule has 0 aliphatic carbocycles. The number of rotatable bonds is 4. The fraction of sp³-hybridized carbons (Fsp3) is 0.903. The highest BCUT2D eigenvalue weighted by Crippen LogP contribution is 2.47. The quantitative estimate of drug-likeness (QED) is 0.314. The van der Waals surface area contributed by atoms with Crippen LogP contribution in [0.4, 0.5) is 0 Å². The third-order valence-electron chi connectivity index (χ3n) is 7.79. The first kappa shape index (κ1) is 33.5. The van der Waals surface area contributed by atoms with Crippen LogP contribution in [0.3, 0.4) is 0 Å². The van der Waals surface area contributed by atoms with Crippen LogP contribution in [0.1, 0.15) is 109 Å². The zero-order chi connectivity index (χ0) is 30.2. The van der Waals surface area contributed by atoms with E-state index in [1.54, 1.807) is 6.92 Å².